The lowest BCUT2D eigenvalue weighted by atomic mass is 10.0. The van der Waals surface area contributed by atoms with E-state index in [1.165, 1.54) is 0 Å². The van der Waals surface area contributed by atoms with Crippen molar-refractivity contribution in [1.82, 2.24) is 24.9 Å². The summed E-state index contributed by atoms with van der Waals surface area (Å²) in [5.41, 5.74) is 10.4. The molecule has 0 amide bonds. The molecule has 0 bridgehead atoms. The maximum Gasteiger partial charge on any atom is 0.164 e. The average Bonchev–Trinajstić information content (AvgIpc) is 3.56. The van der Waals surface area contributed by atoms with Crippen LogP contribution in [0.25, 0.3) is 89.7 Å². The van der Waals surface area contributed by atoms with Gasteiger partial charge in [-0.2, -0.15) is 0 Å². The lowest BCUT2D eigenvalue weighted by Gasteiger charge is -2.09. The standard InChI is InChI=1S/C43H27N5O/c1-3-9-28(10-4-1)29-14-16-31(17-15-29)42-46-41(30-11-5-2-6-12-30)47-43(48-42)33-20-23-40-36(26-33)35-25-32(19-22-39(35)49-40)38-21-18-34(27-45-38)37-13-7-8-24-44-37/h1-27H. The van der Waals surface area contributed by atoms with Crippen LogP contribution in [0.1, 0.15) is 0 Å². The number of benzene rings is 5. The molecule has 0 radical (unpaired) electrons. The van der Waals surface area contributed by atoms with E-state index < -0.39 is 0 Å². The minimum absolute atomic E-state index is 0.593. The third-order valence-electron chi connectivity index (χ3n) is 8.66. The van der Waals surface area contributed by atoms with E-state index in [0.29, 0.717) is 17.5 Å². The molecule has 4 heterocycles. The molecule has 0 aliphatic rings. The SMILES string of the molecule is c1ccc(-c2ccc(-c3nc(-c4ccccc4)nc(-c4ccc5oc6ccc(-c7ccc(-c8ccccn8)cn7)cc6c5c4)n3)cc2)cc1. The van der Waals surface area contributed by atoms with Gasteiger partial charge in [-0.1, -0.05) is 91.0 Å². The van der Waals surface area contributed by atoms with Crippen molar-refractivity contribution in [2.75, 3.05) is 0 Å². The molecule has 0 saturated carbocycles. The van der Waals surface area contributed by atoms with Crippen LogP contribution in [0.5, 0.6) is 0 Å². The van der Waals surface area contributed by atoms with Crippen molar-refractivity contribution >= 4 is 21.9 Å². The number of fused-ring (bicyclic) bond motifs is 3. The van der Waals surface area contributed by atoms with Crippen molar-refractivity contribution in [2.45, 2.75) is 0 Å². The summed E-state index contributed by atoms with van der Waals surface area (Å²) in [6.07, 6.45) is 3.66. The fourth-order valence-electron chi connectivity index (χ4n) is 6.12. The fraction of sp³-hybridized carbons (Fsp3) is 0. The van der Waals surface area contributed by atoms with E-state index in [1.807, 2.05) is 103 Å². The Morgan fingerprint density at radius 2 is 0.837 bits per heavy atom. The smallest absolute Gasteiger partial charge is 0.164 e. The second-order valence-electron chi connectivity index (χ2n) is 11.8. The van der Waals surface area contributed by atoms with Crippen molar-refractivity contribution in [3.63, 3.8) is 0 Å². The van der Waals surface area contributed by atoms with Gasteiger partial charge in [0.1, 0.15) is 11.2 Å². The van der Waals surface area contributed by atoms with Gasteiger partial charge in [-0.25, -0.2) is 15.0 Å². The Balaban J connectivity index is 1.12. The van der Waals surface area contributed by atoms with E-state index in [1.54, 1.807) is 6.20 Å². The van der Waals surface area contributed by atoms with Gasteiger partial charge in [0.15, 0.2) is 17.5 Å². The third-order valence-corrected chi connectivity index (χ3v) is 8.66. The highest BCUT2D eigenvalue weighted by atomic mass is 16.3. The molecule has 0 fully saturated rings. The van der Waals surface area contributed by atoms with E-state index in [4.69, 9.17) is 24.4 Å². The van der Waals surface area contributed by atoms with Gasteiger partial charge in [0, 0.05) is 51.0 Å². The van der Waals surface area contributed by atoms with Crippen LogP contribution in [-0.4, -0.2) is 24.9 Å². The molecule has 0 saturated heterocycles. The highest BCUT2D eigenvalue weighted by molar-refractivity contribution is 6.07. The Labute approximate surface area is 282 Å². The Hall–Kier alpha value is -6.79. The maximum absolute atomic E-state index is 6.26. The Kier molecular flexibility index (Phi) is 7.02. The molecule has 49 heavy (non-hydrogen) atoms. The summed E-state index contributed by atoms with van der Waals surface area (Å²) in [5, 5.41) is 1.98. The van der Waals surface area contributed by atoms with Gasteiger partial charge in [-0.15, -0.1) is 0 Å². The number of furan rings is 1. The number of nitrogens with zero attached hydrogens (tertiary/aromatic N) is 5. The first kappa shape index (κ1) is 28.4. The molecule has 230 valence electrons. The van der Waals surface area contributed by atoms with Crippen molar-refractivity contribution < 1.29 is 4.42 Å². The molecule has 5 aromatic carbocycles. The zero-order valence-corrected chi connectivity index (χ0v) is 26.2. The molecule has 0 aliphatic carbocycles. The van der Waals surface area contributed by atoms with E-state index in [0.717, 1.165) is 72.3 Å². The summed E-state index contributed by atoms with van der Waals surface area (Å²) in [6.45, 7) is 0. The average molecular weight is 630 g/mol. The molecule has 0 N–H and O–H groups in total. The molecule has 9 aromatic rings. The van der Waals surface area contributed by atoms with Gasteiger partial charge >= 0.3 is 0 Å². The predicted octanol–water partition coefficient (Wildman–Crippen LogP) is 10.6. The van der Waals surface area contributed by atoms with Crippen molar-refractivity contribution in [1.29, 1.82) is 0 Å². The summed E-state index contributed by atoms with van der Waals surface area (Å²) < 4.78 is 6.26. The Morgan fingerprint density at radius 3 is 1.47 bits per heavy atom. The highest BCUT2D eigenvalue weighted by Crippen LogP contribution is 2.35. The Bertz CT molecular complexity index is 2570. The largest absolute Gasteiger partial charge is 0.456 e. The second-order valence-corrected chi connectivity index (χ2v) is 11.8. The fourth-order valence-corrected chi connectivity index (χ4v) is 6.12. The lowest BCUT2D eigenvalue weighted by molar-refractivity contribution is 0.669. The van der Waals surface area contributed by atoms with Gasteiger partial charge < -0.3 is 4.42 Å². The zero-order valence-electron chi connectivity index (χ0n) is 26.2. The number of rotatable bonds is 6. The molecule has 0 spiro atoms. The monoisotopic (exact) mass is 629 g/mol. The molecule has 0 unspecified atom stereocenters. The number of pyridine rings is 2. The van der Waals surface area contributed by atoms with E-state index in [9.17, 15) is 0 Å². The van der Waals surface area contributed by atoms with Crippen molar-refractivity contribution in [2.24, 2.45) is 0 Å². The highest BCUT2D eigenvalue weighted by Gasteiger charge is 2.16. The van der Waals surface area contributed by atoms with E-state index in [-0.39, 0.29) is 0 Å². The molecule has 0 aliphatic heterocycles. The van der Waals surface area contributed by atoms with Crippen molar-refractivity contribution in [3.05, 3.63) is 164 Å². The Morgan fingerprint density at radius 1 is 0.347 bits per heavy atom. The summed E-state index contributed by atoms with van der Waals surface area (Å²) in [7, 11) is 0. The molecular formula is C43H27N5O. The van der Waals surface area contributed by atoms with Gasteiger partial charge in [0.05, 0.1) is 11.4 Å². The lowest BCUT2D eigenvalue weighted by Crippen LogP contribution is -2.00. The topological polar surface area (TPSA) is 77.6 Å². The zero-order chi connectivity index (χ0) is 32.6. The number of hydrogen-bond acceptors (Lipinski definition) is 6. The minimum Gasteiger partial charge on any atom is -0.456 e. The normalized spacial score (nSPS) is 11.3. The van der Waals surface area contributed by atoms with Crippen LogP contribution in [0.15, 0.2) is 168 Å². The van der Waals surface area contributed by atoms with Crippen LogP contribution in [0.2, 0.25) is 0 Å². The quantitative estimate of drug-likeness (QED) is 0.182. The van der Waals surface area contributed by atoms with Gasteiger partial charge in [-0.05, 0) is 71.8 Å². The first-order valence-electron chi connectivity index (χ1n) is 16.1. The van der Waals surface area contributed by atoms with Crippen LogP contribution in [0.4, 0.5) is 0 Å². The van der Waals surface area contributed by atoms with Gasteiger partial charge in [0.2, 0.25) is 0 Å². The maximum atomic E-state index is 6.26. The van der Waals surface area contributed by atoms with Crippen LogP contribution in [0, 0.1) is 0 Å². The van der Waals surface area contributed by atoms with Crippen LogP contribution in [0.3, 0.4) is 0 Å². The summed E-state index contributed by atoms with van der Waals surface area (Å²) in [4.78, 5) is 24.1. The molecular weight excluding hydrogens is 603 g/mol. The number of hydrogen-bond donors (Lipinski definition) is 0. The molecule has 0 atom stereocenters. The van der Waals surface area contributed by atoms with Crippen molar-refractivity contribution in [3.8, 4) is 67.8 Å². The number of aromatic nitrogens is 5. The first-order chi connectivity index (χ1) is 24.2. The van der Waals surface area contributed by atoms with Crippen LogP contribution >= 0.6 is 0 Å². The summed E-state index contributed by atoms with van der Waals surface area (Å²) >= 11 is 0. The molecule has 9 rings (SSSR count). The summed E-state index contributed by atoms with van der Waals surface area (Å²) in [5.74, 6) is 1.82. The van der Waals surface area contributed by atoms with E-state index >= 15 is 0 Å². The third kappa shape index (κ3) is 5.51. The predicted molar refractivity (Wildman–Crippen MR) is 195 cm³/mol. The summed E-state index contributed by atoms with van der Waals surface area (Å²) in [6, 6.07) is 51.0. The van der Waals surface area contributed by atoms with Gasteiger partial charge in [0.25, 0.3) is 0 Å². The molecule has 6 nitrogen and oxygen atoms in total. The molecule has 4 aromatic heterocycles. The second kappa shape index (κ2) is 12.1. The minimum atomic E-state index is 0.593. The molecule has 6 heteroatoms. The van der Waals surface area contributed by atoms with E-state index in [2.05, 4.69) is 59.6 Å². The van der Waals surface area contributed by atoms with Crippen LogP contribution in [-0.2, 0) is 0 Å². The van der Waals surface area contributed by atoms with Gasteiger partial charge in [-0.3, -0.25) is 9.97 Å². The van der Waals surface area contributed by atoms with Crippen LogP contribution < -0.4 is 0 Å². The first-order valence-corrected chi connectivity index (χ1v) is 16.1.